The molecular formula is C15H16N4O6S. The number of rotatable bonds is 7. The number of nitrogens with one attached hydrogen (secondary N) is 1. The molecule has 2 heterocycles. The summed E-state index contributed by atoms with van der Waals surface area (Å²) in [5.74, 6) is -1.80. The molecular weight excluding hydrogens is 364 g/mol. The summed E-state index contributed by atoms with van der Waals surface area (Å²) in [6, 6.07) is 1.17. The lowest BCUT2D eigenvalue weighted by molar-refractivity contribution is -0.389. The van der Waals surface area contributed by atoms with Gasteiger partial charge < -0.3 is 20.2 Å². The summed E-state index contributed by atoms with van der Waals surface area (Å²) in [5.41, 5.74) is 0.563. The lowest BCUT2D eigenvalue weighted by atomic mass is 10.1. The molecule has 0 radical (unpaired) electrons. The summed E-state index contributed by atoms with van der Waals surface area (Å²) in [6.07, 6.45) is 1.30. The van der Waals surface area contributed by atoms with Crippen LogP contribution in [0.5, 0.6) is 0 Å². The maximum absolute atomic E-state index is 12.2. The SMILES string of the molecule is CCOC(=O)c1c(NC(=O)Cn2ccc([N+](=O)[O-])n2)sc(C(C)=O)c1C. The molecule has 10 nitrogen and oxygen atoms in total. The molecule has 0 atom stereocenters. The maximum Gasteiger partial charge on any atom is 0.389 e. The molecule has 0 unspecified atom stereocenters. The van der Waals surface area contributed by atoms with Crippen molar-refractivity contribution in [3.05, 3.63) is 38.4 Å². The number of hydrogen-bond acceptors (Lipinski definition) is 8. The molecule has 26 heavy (non-hydrogen) atoms. The number of carbonyl (C=O) groups excluding carboxylic acids is 3. The lowest BCUT2D eigenvalue weighted by Crippen LogP contribution is -2.20. The number of ketones is 1. The second-order valence-corrected chi connectivity index (χ2v) is 6.23. The van der Waals surface area contributed by atoms with Crippen molar-refractivity contribution in [2.45, 2.75) is 27.3 Å². The van der Waals surface area contributed by atoms with Crippen LogP contribution in [-0.2, 0) is 16.1 Å². The summed E-state index contributed by atoms with van der Waals surface area (Å²) in [5, 5.41) is 17.0. The van der Waals surface area contributed by atoms with Crippen molar-refractivity contribution in [3.8, 4) is 0 Å². The summed E-state index contributed by atoms with van der Waals surface area (Å²) in [4.78, 5) is 46.4. The molecule has 0 aliphatic rings. The molecule has 0 bridgehead atoms. The standard InChI is InChI=1S/C15H16N4O6S/c1-4-25-15(22)12-8(2)13(9(3)20)26-14(12)16-11(21)7-18-6-5-10(17-18)19(23)24/h5-6H,4,7H2,1-3H3,(H,16,21). The number of nitro groups is 1. The van der Waals surface area contributed by atoms with Crippen molar-refractivity contribution in [1.82, 2.24) is 9.78 Å². The number of amides is 1. The quantitative estimate of drug-likeness (QED) is 0.337. The van der Waals surface area contributed by atoms with Crippen LogP contribution < -0.4 is 5.32 Å². The van der Waals surface area contributed by atoms with Gasteiger partial charge in [-0.15, -0.1) is 11.3 Å². The molecule has 0 aliphatic heterocycles. The van der Waals surface area contributed by atoms with Gasteiger partial charge in [-0.05, 0) is 31.3 Å². The summed E-state index contributed by atoms with van der Waals surface area (Å²) < 4.78 is 6.09. The Balaban J connectivity index is 2.24. The number of anilines is 1. The smallest absolute Gasteiger partial charge is 0.389 e. The third-order valence-electron chi connectivity index (χ3n) is 3.32. The average Bonchev–Trinajstić information content (AvgIpc) is 3.12. The first-order valence-corrected chi connectivity index (χ1v) is 8.35. The zero-order valence-corrected chi connectivity index (χ0v) is 15.1. The molecule has 0 aromatic carbocycles. The Hall–Kier alpha value is -3.08. The van der Waals surface area contributed by atoms with E-state index in [1.165, 1.54) is 19.2 Å². The van der Waals surface area contributed by atoms with Crippen LogP contribution in [0.15, 0.2) is 12.3 Å². The van der Waals surface area contributed by atoms with Crippen LogP contribution >= 0.6 is 11.3 Å². The molecule has 0 saturated carbocycles. The van der Waals surface area contributed by atoms with Gasteiger partial charge in [0.2, 0.25) is 5.91 Å². The number of esters is 1. The minimum Gasteiger partial charge on any atom is -0.462 e. The highest BCUT2D eigenvalue weighted by Crippen LogP contribution is 2.34. The highest BCUT2D eigenvalue weighted by molar-refractivity contribution is 7.18. The largest absolute Gasteiger partial charge is 0.462 e. The van der Waals surface area contributed by atoms with Gasteiger partial charge in [-0.1, -0.05) is 0 Å². The molecule has 11 heteroatoms. The van der Waals surface area contributed by atoms with Gasteiger partial charge in [-0.25, -0.2) is 4.79 Å². The second-order valence-electron chi connectivity index (χ2n) is 5.21. The van der Waals surface area contributed by atoms with Gasteiger partial charge in [0.25, 0.3) is 0 Å². The van der Waals surface area contributed by atoms with Crippen LogP contribution in [-0.4, -0.2) is 39.0 Å². The van der Waals surface area contributed by atoms with Gasteiger partial charge in [-0.2, -0.15) is 4.68 Å². The Morgan fingerprint density at radius 3 is 2.65 bits per heavy atom. The number of aromatic nitrogens is 2. The van der Waals surface area contributed by atoms with Crippen molar-refractivity contribution in [2.75, 3.05) is 11.9 Å². The molecule has 1 amide bonds. The molecule has 1 N–H and O–H groups in total. The highest BCUT2D eigenvalue weighted by atomic mass is 32.1. The van der Waals surface area contributed by atoms with E-state index in [0.29, 0.717) is 10.4 Å². The van der Waals surface area contributed by atoms with Gasteiger partial charge in [-0.3, -0.25) is 9.59 Å². The number of ether oxygens (including phenoxy) is 1. The Kier molecular flexibility index (Phi) is 5.82. The zero-order valence-electron chi connectivity index (χ0n) is 14.3. The molecule has 0 spiro atoms. The summed E-state index contributed by atoms with van der Waals surface area (Å²) in [7, 11) is 0. The number of nitrogens with zero attached hydrogens (tertiary/aromatic N) is 3. The first-order valence-electron chi connectivity index (χ1n) is 7.53. The fraction of sp³-hybridized carbons (Fsp3) is 0.333. The van der Waals surface area contributed by atoms with E-state index in [-0.39, 0.29) is 35.3 Å². The van der Waals surface area contributed by atoms with Gasteiger partial charge >= 0.3 is 11.8 Å². The molecule has 138 valence electrons. The van der Waals surface area contributed by atoms with E-state index >= 15 is 0 Å². The van der Waals surface area contributed by atoms with E-state index in [0.717, 1.165) is 16.0 Å². The van der Waals surface area contributed by atoms with Gasteiger partial charge in [0.15, 0.2) is 5.78 Å². The van der Waals surface area contributed by atoms with Crippen molar-refractivity contribution in [3.63, 3.8) is 0 Å². The fourth-order valence-electron chi connectivity index (χ4n) is 2.24. The van der Waals surface area contributed by atoms with E-state index in [2.05, 4.69) is 10.4 Å². The monoisotopic (exact) mass is 380 g/mol. The first-order chi connectivity index (χ1) is 12.2. The number of Topliss-reactive ketones (excluding diaryl/α,β-unsaturated/α-hetero) is 1. The molecule has 2 aromatic rings. The predicted octanol–water partition coefficient (Wildman–Crippen LogP) is 2.18. The Labute approximate surface area is 151 Å². The third-order valence-corrected chi connectivity index (χ3v) is 4.63. The Morgan fingerprint density at radius 1 is 1.42 bits per heavy atom. The molecule has 0 saturated heterocycles. The van der Waals surface area contributed by atoms with Crippen LogP contribution in [0, 0.1) is 17.0 Å². The van der Waals surface area contributed by atoms with Crippen LogP contribution in [0.4, 0.5) is 10.8 Å². The average molecular weight is 380 g/mol. The first kappa shape index (κ1) is 19.2. The minimum absolute atomic E-state index is 0.127. The number of hydrogen-bond donors (Lipinski definition) is 1. The topological polar surface area (TPSA) is 133 Å². The normalized spacial score (nSPS) is 10.4. The van der Waals surface area contributed by atoms with E-state index in [9.17, 15) is 24.5 Å². The number of thiophene rings is 1. The van der Waals surface area contributed by atoms with Crippen molar-refractivity contribution < 1.29 is 24.0 Å². The molecule has 0 aliphatic carbocycles. The summed E-state index contributed by atoms with van der Waals surface area (Å²) in [6.45, 7) is 4.47. The van der Waals surface area contributed by atoms with Crippen molar-refractivity contribution in [1.29, 1.82) is 0 Å². The van der Waals surface area contributed by atoms with Crippen molar-refractivity contribution >= 4 is 39.8 Å². The van der Waals surface area contributed by atoms with Crippen LogP contribution in [0.1, 0.15) is 39.4 Å². The third kappa shape index (κ3) is 4.11. The van der Waals surface area contributed by atoms with Gasteiger partial charge in [0.05, 0.1) is 34.4 Å². The zero-order chi connectivity index (χ0) is 19.4. The predicted molar refractivity (Wildman–Crippen MR) is 92.5 cm³/mol. The van der Waals surface area contributed by atoms with E-state index in [1.54, 1.807) is 13.8 Å². The van der Waals surface area contributed by atoms with E-state index < -0.39 is 16.8 Å². The van der Waals surface area contributed by atoms with Gasteiger partial charge in [0, 0.05) is 0 Å². The fourth-order valence-corrected chi connectivity index (χ4v) is 3.34. The molecule has 2 rings (SSSR count). The highest BCUT2D eigenvalue weighted by Gasteiger charge is 2.25. The van der Waals surface area contributed by atoms with Crippen LogP contribution in [0.25, 0.3) is 0 Å². The van der Waals surface area contributed by atoms with E-state index in [1.807, 2.05) is 0 Å². The summed E-state index contributed by atoms with van der Waals surface area (Å²) >= 11 is 0.977. The lowest BCUT2D eigenvalue weighted by Gasteiger charge is -2.06. The Bertz CT molecular complexity index is 885. The van der Waals surface area contributed by atoms with Gasteiger partial charge in [0.1, 0.15) is 11.5 Å². The van der Waals surface area contributed by atoms with Crippen molar-refractivity contribution in [2.24, 2.45) is 0 Å². The van der Waals surface area contributed by atoms with Crippen LogP contribution in [0.3, 0.4) is 0 Å². The molecule has 0 fully saturated rings. The molecule has 2 aromatic heterocycles. The Morgan fingerprint density at radius 2 is 2.12 bits per heavy atom. The maximum atomic E-state index is 12.2. The van der Waals surface area contributed by atoms with Crippen LogP contribution in [0.2, 0.25) is 0 Å². The minimum atomic E-state index is -0.672. The number of carbonyl (C=O) groups is 3. The second kappa shape index (κ2) is 7.87. The van der Waals surface area contributed by atoms with E-state index in [4.69, 9.17) is 4.74 Å².